The van der Waals surface area contributed by atoms with Crippen LogP contribution < -0.4 is 5.32 Å². The lowest BCUT2D eigenvalue weighted by Crippen LogP contribution is -2.47. The summed E-state index contributed by atoms with van der Waals surface area (Å²) in [6.07, 6.45) is 4.42. The SMILES string of the molecule is CNCC1CCN(C2CC(OC)C2)C1. The average molecular weight is 198 g/mol. The lowest BCUT2D eigenvalue weighted by molar-refractivity contribution is -0.0211. The molecule has 0 radical (unpaired) electrons. The van der Waals surface area contributed by atoms with Gasteiger partial charge in [-0.1, -0.05) is 0 Å². The van der Waals surface area contributed by atoms with Gasteiger partial charge in [-0.05, 0) is 45.3 Å². The van der Waals surface area contributed by atoms with Crippen LogP contribution in [-0.2, 0) is 4.74 Å². The monoisotopic (exact) mass is 198 g/mol. The number of nitrogens with one attached hydrogen (secondary N) is 1. The summed E-state index contributed by atoms with van der Waals surface area (Å²) in [5.74, 6) is 0.876. The summed E-state index contributed by atoms with van der Waals surface area (Å²) < 4.78 is 5.31. The molecule has 14 heavy (non-hydrogen) atoms. The number of nitrogens with zero attached hydrogens (tertiary/aromatic N) is 1. The van der Waals surface area contributed by atoms with Gasteiger partial charge in [-0.15, -0.1) is 0 Å². The standard InChI is InChI=1S/C11H22N2O/c1-12-7-9-3-4-13(8-9)10-5-11(6-10)14-2/h9-12H,3-8H2,1-2H3. The maximum atomic E-state index is 5.31. The molecule has 0 amide bonds. The van der Waals surface area contributed by atoms with Crippen LogP contribution in [0.1, 0.15) is 19.3 Å². The summed E-state index contributed by atoms with van der Waals surface area (Å²) in [4.78, 5) is 2.65. The van der Waals surface area contributed by atoms with Crippen LogP contribution in [0, 0.1) is 5.92 Å². The van der Waals surface area contributed by atoms with Gasteiger partial charge in [0.15, 0.2) is 0 Å². The first-order valence-electron chi connectivity index (χ1n) is 5.75. The molecule has 1 saturated carbocycles. The van der Waals surface area contributed by atoms with Crippen LogP contribution in [0.3, 0.4) is 0 Å². The molecule has 1 N–H and O–H groups in total. The van der Waals surface area contributed by atoms with Crippen LogP contribution in [-0.4, -0.2) is 50.8 Å². The zero-order chi connectivity index (χ0) is 9.97. The van der Waals surface area contributed by atoms with Crippen LogP contribution in [0.5, 0.6) is 0 Å². The Kier molecular flexibility index (Phi) is 3.42. The Balaban J connectivity index is 1.69. The molecule has 0 aromatic carbocycles. The van der Waals surface area contributed by atoms with E-state index >= 15 is 0 Å². The highest BCUT2D eigenvalue weighted by atomic mass is 16.5. The molecular formula is C11H22N2O. The highest BCUT2D eigenvalue weighted by Gasteiger charge is 2.36. The minimum atomic E-state index is 0.545. The normalized spacial score (nSPS) is 38.6. The number of likely N-dealkylation sites (tertiary alicyclic amines) is 1. The van der Waals surface area contributed by atoms with Crippen LogP contribution in [0.25, 0.3) is 0 Å². The molecule has 0 bridgehead atoms. The number of methoxy groups -OCH3 is 1. The molecule has 1 saturated heterocycles. The second-order valence-corrected chi connectivity index (χ2v) is 4.69. The molecule has 82 valence electrons. The summed E-state index contributed by atoms with van der Waals surface area (Å²) in [6.45, 7) is 3.77. The zero-order valence-corrected chi connectivity index (χ0v) is 9.33. The van der Waals surface area contributed by atoms with Crippen molar-refractivity contribution in [2.75, 3.05) is 33.8 Å². The van der Waals surface area contributed by atoms with Crippen molar-refractivity contribution in [1.29, 1.82) is 0 Å². The lowest BCUT2D eigenvalue weighted by atomic mass is 9.88. The van der Waals surface area contributed by atoms with E-state index in [1.165, 1.54) is 38.9 Å². The summed E-state index contributed by atoms with van der Waals surface area (Å²) in [5, 5.41) is 3.27. The molecule has 1 aliphatic carbocycles. The first-order valence-corrected chi connectivity index (χ1v) is 5.75. The molecule has 2 rings (SSSR count). The first kappa shape index (κ1) is 10.4. The lowest BCUT2D eigenvalue weighted by Gasteiger charge is -2.40. The van der Waals surface area contributed by atoms with E-state index in [4.69, 9.17) is 4.74 Å². The molecule has 0 spiro atoms. The van der Waals surface area contributed by atoms with Gasteiger partial charge in [-0.2, -0.15) is 0 Å². The van der Waals surface area contributed by atoms with Crippen molar-refractivity contribution in [3.05, 3.63) is 0 Å². The fourth-order valence-electron chi connectivity index (χ4n) is 2.68. The quantitative estimate of drug-likeness (QED) is 0.720. The molecule has 2 fully saturated rings. The first-order chi connectivity index (χ1) is 6.83. The van der Waals surface area contributed by atoms with E-state index < -0.39 is 0 Å². The molecular weight excluding hydrogens is 176 g/mol. The summed E-state index contributed by atoms with van der Waals surface area (Å²) in [6, 6.07) is 0.821. The van der Waals surface area contributed by atoms with Gasteiger partial charge in [0.05, 0.1) is 6.10 Å². The maximum absolute atomic E-state index is 5.31. The van der Waals surface area contributed by atoms with E-state index in [1.807, 2.05) is 14.2 Å². The van der Waals surface area contributed by atoms with Gasteiger partial charge in [0.1, 0.15) is 0 Å². The second kappa shape index (κ2) is 4.60. The fourth-order valence-corrected chi connectivity index (χ4v) is 2.68. The third-order valence-electron chi connectivity index (χ3n) is 3.73. The minimum Gasteiger partial charge on any atom is -0.381 e. The van der Waals surface area contributed by atoms with Gasteiger partial charge in [0, 0.05) is 19.7 Å². The molecule has 0 aromatic heterocycles. The molecule has 3 nitrogen and oxygen atoms in total. The number of ether oxygens (including phenoxy) is 1. The topological polar surface area (TPSA) is 24.5 Å². The molecule has 1 heterocycles. The van der Waals surface area contributed by atoms with Crippen LogP contribution >= 0.6 is 0 Å². The summed E-state index contributed by atoms with van der Waals surface area (Å²) >= 11 is 0. The fraction of sp³-hybridized carbons (Fsp3) is 1.00. The number of hydrogen-bond donors (Lipinski definition) is 1. The largest absolute Gasteiger partial charge is 0.381 e. The van der Waals surface area contributed by atoms with E-state index in [-0.39, 0.29) is 0 Å². The Morgan fingerprint density at radius 2 is 2.21 bits per heavy atom. The third kappa shape index (κ3) is 2.10. The predicted octanol–water partition coefficient (Wildman–Crippen LogP) is 0.705. The maximum Gasteiger partial charge on any atom is 0.0601 e. The summed E-state index contributed by atoms with van der Waals surface area (Å²) in [5.41, 5.74) is 0. The van der Waals surface area contributed by atoms with Gasteiger partial charge >= 0.3 is 0 Å². The van der Waals surface area contributed by atoms with E-state index in [2.05, 4.69) is 10.2 Å². The van der Waals surface area contributed by atoms with Gasteiger partial charge in [-0.25, -0.2) is 0 Å². The van der Waals surface area contributed by atoms with Gasteiger partial charge in [-0.3, -0.25) is 4.90 Å². The van der Waals surface area contributed by atoms with Crippen LogP contribution in [0.15, 0.2) is 0 Å². The second-order valence-electron chi connectivity index (χ2n) is 4.69. The Labute approximate surface area is 86.8 Å². The smallest absolute Gasteiger partial charge is 0.0601 e. The molecule has 3 heteroatoms. The van der Waals surface area contributed by atoms with Crippen molar-refractivity contribution >= 4 is 0 Å². The van der Waals surface area contributed by atoms with E-state index in [0.717, 1.165) is 12.0 Å². The molecule has 1 unspecified atom stereocenters. The predicted molar refractivity (Wildman–Crippen MR) is 57.4 cm³/mol. The van der Waals surface area contributed by atoms with E-state index in [0.29, 0.717) is 6.10 Å². The van der Waals surface area contributed by atoms with Gasteiger partial charge in [0.2, 0.25) is 0 Å². The Bertz CT molecular complexity index is 180. The third-order valence-corrected chi connectivity index (χ3v) is 3.73. The highest BCUT2D eigenvalue weighted by molar-refractivity contribution is 4.91. The average Bonchev–Trinajstić information content (AvgIpc) is 2.52. The molecule has 1 aliphatic heterocycles. The van der Waals surface area contributed by atoms with Crippen LogP contribution in [0.4, 0.5) is 0 Å². The highest BCUT2D eigenvalue weighted by Crippen LogP contribution is 2.31. The van der Waals surface area contributed by atoms with Crippen molar-refractivity contribution in [2.45, 2.75) is 31.4 Å². The number of hydrogen-bond acceptors (Lipinski definition) is 3. The van der Waals surface area contributed by atoms with Crippen molar-refractivity contribution in [3.8, 4) is 0 Å². The summed E-state index contributed by atoms with van der Waals surface area (Å²) in [7, 11) is 3.88. The molecule has 1 atom stereocenters. The van der Waals surface area contributed by atoms with Crippen molar-refractivity contribution in [3.63, 3.8) is 0 Å². The molecule has 2 aliphatic rings. The minimum absolute atomic E-state index is 0.545. The Morgan fingerprint density at radius 1 is 1.43 bits per heavy atom. The van der Waals surface area contributed by atoms with E-state index in [1.54, 1.807) is 0 Å². The van der Waals surface area contributed by atoms with Gasteiger partial charge < -0.3 is 10.1 Å². The van der Waals surface area contributed by atoms with Gasteiger partial charge in [0.25, 0.3) is 0 Å². The van der Waals surface area contributed by atoms with Crippen LogP contribution in [0.2, 0.25) is 0 Å². The number of rotatable bonds is 4. The zero-order valence-electron chi connectivity index (χ0n) is 9.33. The van der Waals surface area contributed by atoms with Crippen molar-refractivity contribution in [2.24, 2.45) is 5.92 Å². The van der Waals surface area contributed by atoms with Crippen molar-refractivity contribution in [1.82, 2.24) is 10.2 Å². The molecule has 0 aromatic rings. The van der Waals surface area contributed by atoms with Crippen molar-refractivity contribution < 1.29 is 4.74 Å². The van der Waals surface area contributed by atoms with E-state index in [9.17, 15) is 0 Å². The Hall–Kier alpha value is -0.120. The Morgan fingerprint density at radius 3 is 2.86 bits per heavy atom.